The van der Waals surface area contributed by atoms with Crippen LogP contribution in [0.5, 0.6) is 0 Å². The van der Waals surface area contributed by atoms with Gasteiger partial charge in [-0.2, -0.15) is 0 Å². The van der Waals surface area contributed by atoms with Gasteiger partial charge in [0.25, 0.3) is 0 Å². The summed E-state index contributed by atoms with van der Waals surface area (Å²) in [5.74, 6) is 0.656. The molecule has 2 rings (SSSR count). The zero-order valence-corrected chi connectivity index (χ0v) is 10.5. The van der Waals surface area contributed by atoms with Gasteiger partial charge in [0.2, 0.25) is 0 Å². The van der Waals surface area contributed by atoms with E-state index in [-0.39, 0.29) is 6.04 Å². The second-order valence-corrected chi connectivity index (χ2v) is 5.01. The Hall–Kier alpha value is -1.02. The summed E-state index contributed by atoms with van der Waals surface area (Å²) < 4.78 is 0. The minimum absolute atomic E-state index is 0.247. The third-order valence-electron chi connectivity index (χ3n) is 3.40. The number of hydrogen-bond acceptors (Lipinski definition) is 2. The lowest BCUT2D eigenvalue weighted by Crippen LogP contribution is -2.20. The minimum atomic E-state index is 0.247. The zero-order chi connectivity index (χ0) is 11.7. The second kappa shape index (κ2) is 4.46. The second-order valence-electron chi connectivity index (χ2n) is 5.01. The Morgan fingerprint density at radius 2 is 2.25 bits per heavy atom. The molecule has 0 spiro atoms. The van der Waals surface area contributed by atoms with Crippen LogP contribution in [-0.4, -0.2) is 19.1 Å². The molecule has 1 aliphatic rings. The van der Waals surface area contributed by atoms with Crippen LogP contribution in [0, 0.1) is 0 Å². The molecule has 2 nitrogen and oxygen atoms in total. The molecule has 16 heavy (non-hydrogen) atoms. The number of nitrogens with two attached hydrogens (primary N) is 1. The monoisotopic (exact) mass is 218 g/mol. The lowest BCUT2D eigenvalue weighted by atomic mass is 9.98. The minimum Gasteiger partial charge on any atom is -0.371 e. The molecule has 1 heterocycles. The number of hydrogen-bond donors (Lipinski definition) is 1. The highest BCUT2D eigenvalue weighted by atomic mass is 15.1. The van der Waals surface area contributed by atoms with E-state index in [0.717, 1.165) is 19.5 Å². The number of benzene rings is 1. The topological polar surface area (TPSA) is 29.3 Å². The summed E-state index contributed by atoms with van der Waals surface area (Å²) in [7, 11) is 0. The van der Waals surface area contributed by atoms with Gasteiger partial charge >= 0.3 is 0 Å². The predicted octanol–water partition coefficient (Wildman–Crippen LogP) is 2.52. The Bertz CT molecular complexity index is 371. The maximum absolute atomic E-state index is 5.85. The molecule has 88 valence electrons. The molecule has 2 N–H and O–H groups in total. The summed E-state index contributed by atoms with van der Waals surface area (Å²) >= 11 is 0. The van der Waals surface area contributed by atoms with Crippen molar-refractivity contribution in [1.82, 2.24) is 0 Å². The average Bonchev–Trinajstić information content (AvgIpc) is 2.55. The van der Waals surface area contributed by atoms with E-state index in [1.807, 2.05) is 0 Å². The first kappa shape index (κ1) is 11.5. The van der Waals surface area contributed by atoms with Crippen molar-refractivity contribution in [3.05, 3.63) is 29.3 Å². The third-order valence-corrected chi connectivity index (χ3v) is 3.40. The van der Waals surface area contributed by atoms with Crippen LogP contribution in [0.25, 0.3) is 0 Å². The molecule has 0 aromatic heterocycles. The van der Waals surface area contributed by atoms with Crippen LogP contribution < -0.4 is 10.6 Å². The molecular formula is C14H22N2. The standard InChI is InChI=1S/C14H22N2/c1-4-16-9-10(2)13-8-12(7-11(3)15)5-6-14(13)16/h5-6,8,10-11H,4,7,9,15H2,1-3H3. The number of likely N-dealkylation sites (N-methyl/N-ethyl adjacent to an activating group) is 1. The van der Waals surface area contributed by atoms with Crippen LogP contribution in [-0.2, 0) is 6.42 Å². The van der Waals surface area contributed by atoms with Gasteiger partial charge in [0, 0.05) is 30.7 Å². The van der Waals surface area contributed by atoms with E-state index in [1.165, 1.54) is 16.8 Å². The van der Waals surface area contributed by atoms with Crippen LogP contribution in [0.1, 0.15) is 37.8 Å². The molecule has 1 aliphatic heterocycles. The van der Waals surface area contributed by atoms with Crippen molar-refractivity contribution in [2.24, 2.45) is 5.73 Å². The van der Waals surface area contributed by atoms with E-state index in [2.05, 4.69) is 43.9 Å². The van der Waals surface area contributed by atoms with Gasteiger partial charge in [-0.15, -0.1) is 0 Å². The first-order valence-corrected chi connectivity index (χ1v) is 6.25. The quantitative estimate of drug-likeness (QED) is 0.844. The summed E-state index contributed by atoms with van der Waals surface area (Å²) in [5.41, 5.74) is 10.1. The molecule has 0 amide bonds. The predicted molar refractivity (Wildman–Crippen MR) is 70.1 cm³/mol. The summed E-state index contributed by atoms with van der Waals surface area (Å²) in [5, 5.41) is 0. The normalized spacial score (nSPS) is 21.0. The molecule has 0 aliphatic carbocycles. The SMILES string of the molecule is CCN1CC(C)c2cc(CC(C)N)ccc21. The number of nitrogens with zero attached hydrogens (tertiary/aromatic N) is 1. The van der Waals surface area contributed by atoms with E-state index in [0.29, 0.717) is 5.92 Å². The highest BCUT2D eigenvalue weighted by molar-refractivity contribution is 5.61. The van der Waals surface area contributed by atoms with Gasteiger partial charge in [-0.05, 0) is 37.5 Å². The highest BCUT2D eigenvalue weighted by Gasteiger charge is 2.24. The van der Waals surface area contributed by atoms with Gasteiger partial charge in [-0.25, -0.2) is 0 Å². The molecule has 0 radical (unpaired) electrons. The lowest BCUT2D eigenvalue weighted by Gasteiger charge is -2.17. The maximum atomic E-state index is 5.85. The Labute approximate surface area is 98.4 Å². The van der Waals surface area contributed by atoms with Gasteiger partial charge in [0.1, 0.15) is 0 Å². The Kier molecular flexibility index (Phi) is 3.20. The molecule has 0 fully saturated rings. The average molecular weight is 218 g/mol. The van der Waals surface area contributed by atoms with Gasteiger partial charge in [0.15, 0.2) is 0 Å². The Morgan fingerprint density at radius 1 is 1.50 bits per heavy atom. The molecule has 2 heteroatoms. The number of rotatable bonds is 3. The zero-order valence-electron chi connectivity index (χ0n) is 10.5. The number of fused-ring (bicyclic) bond motifs is 1. The molecule has 2 atom stereocenters. The van der Waals surface area contributed by atoms with E-state index < -0.39 is 0 Å². The van der Waals surface area contributed by atoms with Crippen LogP contribution in [0.15, 0.2) is 18.2 Å². The van der Waals surface area contributed by atoms with Crippen molar-refractivity contribution < 1.29 is 0 Å². The molecule has 0 saturated heterocycles. The van der Waals surface area contributed by atoms with Crippen molar-refractivity contribution in [2.75, 3.05) is 18.0 Å². The van der Waals surface area contributed by atoms with Crippen LogP contribution in [0.4, 0.5) is 5.69 Å². The van der Waals surface area contributed by atoms with Crippen LogP contribution >= 0.6 is 0 Å². The fourth-order valence-electron chi connectivity index (χ4n) is 2.61. The van der Waals surface area contributed by atoms with Gasteiger partial charge in [-0.1, -0.05) is 19.1 Å². The maximum Gasteiger partial charge on any atom is 0.0402 e. The van der Waals surface area contributed by atoms with Crippen molar-refractivity contribution in [2.45, 2.75) is 39.2 Å². The van der Waals surface area contributed by atoms with Crippen molar-refractivity contribution in [1.29, 1.82) is 0 Å². The third kappa shape index (κ3) is 2.07. The summed E-state index contributed by atoms with van der Waals surface area (Å²) in [6.07, 6.45) is 0.978. The summed E-state index contributed by atoms with van der Waals surface area (Å²) in [6.45, 7) is 8.86. The fraction of sp³-hybridized carbons (Fsp3) is 0.571. The first-order valence-electron chi connectivity index (χ1n) is 6.25. The van der Waals surface area contributed by atoms with E-state index in [1.54, 1.807) is 0 Å². The summed E-state index contributed by atoms with van der Waals surface area (Å²) in [6, 6.07) is 7.08. The highest BCUT2D eigenvalue weighted by Crippen LogP contribution is 2.36. The molecular weight excluding hydrogens is 196 g/mol. The fourth-order valence-corrected chi connectivity index (χ4v) is 2.61. The van der Waals surface area contributed by atoms with Crippen molar-refractivity contribution >= 4 is 5.69 Å². The molecule has 0 bridgehead atoms. The smallest absolute Gasteiger partial charge is 0.0402 e. The lowest BCUT2D eigenvalue weighted by molar-refractivity contribution is 0.734. The summed E-state index contributed by atoms with van der Waals surface area (Å²) in [4.78, 5) is 2.45. The van der Waals surface area contributed by atoms with Gasteiger partial charge < -0.3 is 10.6 Å². The molecule has 0 saturated carbocycles. The molecule has 1 aromatic rings. The Balaban J connectivity index is 2.29. The van der Waals surface area contributed by atoms with Crippen molar-refractivity contribution in [3.8, 4) is 0 Å². The van der Waals surface area contributed by atoms with E-state index >= 15 is 0 Å². The van der Waals surface area contributed by atoms with E-state index in [9.17, 15) is 0 Å². The van der Waals surface area contributed by atoms with Crippen molar-refractivity contribution in [3.63, 3.8) is 0 Å². The Morgan fingerprint density at radius 3 is 2.88 bits per heavy atom. The largest absolute Gasteiger partial charge is 0.371 e. The number of anilines is 1. The van der Waals surface area contributed by atoms with Crippen LogP contribution in [0.2, 0.25) is 0 Å². The van der Waals surface area contributed by atoms with Gasteiger partial charge in [0.05, 0.1) is 0 Å². The van der Waals surface area contributed by atoms with Crippen LogP contribution in [0.3, 0.4) is 0 Å². The van der Waals surface area contributed by atoms with E-state index in [4.69, 9.17) is 5.73 Å². The molecule has 2 unspecified atom stereocenters. The molecule has 1 aromatic carbocycles. The van der Waals surface area contributed by atoms with Gasteiger partial charge in [-0.3, -0.25) is 0 Å². The first-order chi connectivity index (χ1) is 7.61.